The van der Waals surface area contributed by atoms with Crippen LogP contribution in [0.2, 0.25) is 0 Å². The summed E-state index contributed by atoms with van der Waals surface area (Å²) in [5.41, 5.74) is 6.27. The molecule has 5 heteroatoms. The minimum Gasteiger partial charge on any atom is -0.448 e. The zero-order valence-electron chi connectivity index (χ0n) is 8.73. The summed E-state index contributed by atoms with van der Waals surface area (Å²) >= 11 is 0. The summed E-state index contributed by atoms with van der Waals surface area (Å²) in [6.07, 6.45) is -0.383. The van der Waals surface area contributed by atoms with Crippen LogP contribution in [0, 0.1) is 5.82 Å². The van der Waals surface area contributed by atoms with Gasteiger partial charge in [0.25, 0.3) is 0 Å². The molecule has 0 saturated carbocycles. The van der Waals surface area contributed by atoms with E-state index in [2.05, 4.69) is 0 Å². The highest BCUT2D eigenvalue weighted by atomic mass is 19.1. The van der Waals surface area contributed by atoms with Gasteiger partial charge in [0, 0.05) is 12.1 Å². The number of nitrogens with two attached hydrogens (primary N) is 1. The maximum Gasteiger partial charge on any atom is 0.410 e. The molecule has 1 aliphatic rings. The lowest BCUT2D eigenvalue weighted by Gasteiger charge is -2.19. The Morgan fingerprint density at radius 2 is 2.25 bits per heavy atom. The van der Waals surface area contributed by atoms with Gasteiger partial charge in [0.15, 0.2) is 0 Å². The Balaban J connectivity index is 2.05. The van der Waals surface area contributed by atoms with Crippen LogP contribution in [0.3, 0.4) is 0 Å². The molecule has 0 aliphatic carbocycles. The van der Waals surface area contributed by atoms with E-state index in [1.165, 1.54) is 11.0 Å². The van der Waals surface area contributed by atoms with Gasteiger partial charge in [0.05, 0.1) is 12.6 Å². The molecule has 2 rings (SSSR count). The van der Waals surface area contributed by atoms with Gasteiger partial charge >= 0.3 is 6.09 Å². The van der Waals surface area contributed by atoms with Gasteiger partial charge in [-0.15, -0.1) is 0 Å². The summed E-state index contributed by atoms with van der Waals surface area (Å²) < 4.78 is 18.2. The largest absolute Gasteiger partial charge is 0.448 e. The summed E-state index contributed by atoms with van der Waals surface area (Å²) in [6, 6.07) is 5.79. The summed E-state index contributed by atoms with van der Waals surface area (Å²) in [6.45, 7) is 1.17. The lowest BCUT2D eigenvalue weighted by atomic mass is 10.1. The van der Waals surface area contributed by atoms with Gasteiger partial charge in [-0.05, 0) is 6.07 Å². The third-order valence-electron chi connectivity index (χ3n) is 2.57. The van der Waals surface area contributed by atoms with E-state index >= 15 is 0 Å². The fourth-order valence-corrected chi connectivity index (χ4v) is 1.70. The smallest absolute Gasteiger partial charge is 0.410 e. The van der Waals surface area contributed by atoms with Gasteiger partial charge in [-0.3, -0.25) is 0 Å². The van der Waals surface area contributed by atoms with Crippen molar-refractivity contribution in [2.24, 2.45) is 5.73 Å². The van der Waals surface area contributed by atoms with Crippen molar-refractivity contribution in [2.45, 2.75) is 6.04 Å². The summed E-state index contributed by atoms with van der Waals surface area (Å²) in [5.74, 6) is -0.345. The number of carbonyl (C=O) groups is 1. The van der Waals surface area contributed by atoms with Crippen molar-refractivity contribution in [3.63, 3.8) is 0 Å². The second kappa shape index (κ2) is 4.49. The van der Waals surface area contributed by atoms with Crippen LogP contribution < -0.4 is 5.73 Å². The Morgan fingerprint density at radius 1 is 1.50 bits per heavy atom. The molecule has 1 unspecified atom stereocenters. The number of hydrogen-bond acceptors (Lipinski definition) is 3. The number of hydrogen-bond donors (Lipinski definition) is 1. The number of carbonyl (C=O) groups excluding carboxylic acids is 1. The van der Waals surface area contributed by atoms with Gasteiger partial charge in [-0.25, -0.2) is 9.18 Å². The van der Waals surface area contributed by atoms with Gasteiger partial charge in [0.1, 0.15) is 12.4 Å². The molecule has 16 heavy (non-hydrogen) atoms. The monoisotopic (exact) mass is 224 g/mol. The first-order chi connectivity index (χ1) is 7.68. The lowest BCUT2D eigenvalue weighted by molar-refractivity contribution is 0.157. The standard InChI is InChI=1S/C11H13FN2O2/c12-9-4-2-1-3-8(9)10(13)7-14-5-6-16-11(14)15/h1-4,10H,5-7,13H2. The van der Waals surface area contributed by atoms with Crippen molar-refractivity contribution in [1.82, 2.24) is 4.90 Å². The minimum absolute atomic E-state index is 0.278. The molecular formula is C11H13FN2O2. The Kier molecular flexibility index (Phi) is 3.05. The third-order valence-corrected chi connectivity index (χ3v) is 2.57. The van der Waals surface area contributed by atoms with E-state index < -0.39 is 6.04 Å². The van der Waals surface area contributed by atoms with Crippen LogP contribution in [0.4, 0.5) is 9.18 Å². The number of amides is 1. The molecule has 1 amide bonds. The van der Waals surface area contributed by atoms with E-state index in [0.717, 1.165) is 0 Å². The van der Waals surface area contributed by atoms with Crippen LogP contribution in [-0.4, -0.2) is 30.7 Å². The molecule has 0 radical (unpaired) electrons. The van der Waals surface area contributed by atoms with Crippen molar-refractivity contribution in [1.29, 1.82) is 0 Å². The van der Waals surface area contributed by atoms with Crippen molar-refractivity contribution >= 4 is 6.09 Å². The minimum atomic E-state index is -0.521. The zero-order chi connectivity index (χ0) is 11.5. The number of benzene rings is 1. The van der Waals surface area contributed by atoms with Crippen molar-refractivity contribution < 1.29 is 13.9 Å². The third kappa shape index (κ3) is 2.14. The first kappa shape index (κ1) is 10.9. The molecule has 1 aromatic carbocycles. The van der Waals surface area contributed by atoms with Gasteiger partial charge in [-0.2, -0.15) is 0 Å². The average molecular weight is 224 g/mol. The second-order valence-electron chi connectivity index (χ2n) is 3.69. The number of rotatable bonds is 3. The molecule has 1 aliphatic heterocycles. The highest BCUT2D eigenvalue weighted by Gasteiger charge is 2.24. The van der Waals surface area contributed by atoms with Gasteiger partial charge in [-0.1, -0.05) is 18.2 Å². The summed E-state index contributed by atoms with van der Waals surface area (Å²) in [4.78, 5) is 12.7. The molecule has 1 saturated heterocycles. The maximum atomic E-state index is 13.4. The van der Waals surface area contributed by atoms with Crippen LogP contribution in [0.15, 0.2) is 24.3 Å². The van der Waals surface area contributed by atoms with Crippen LogP contribution in [0.25, 0.3) is 0 Å². The Morgan fingerprint density at radius 3 is 2.88 bits per heavy atom. The normalized spacial score (nSPS) is 17.4. The van der Waals surface area contributed by atoms with E-state index in [1.54, 1.807) is 18.2 Å². The van der Waals surface area contributed by atoms with E-state index in [1.807, 2.05) is 0 Å². The zero-order valence-corrected chi connectivity index (χ0v) is 8.73. The number of cyclic esters (lactones) is 1. The lowest BCUT2D eigenvalue weighted by Crippen LogP contribution is -2.33. The molecule has 0 bridgehead atoms. The molecule has 1 aromatic rings. The fourth-order valence-electron chi connectivity index (χ4n) is 1.70. The topological polar surface area (TPSA) is 55.6 Å². The van der Waals surface area contributed by atoms with Crippen LogP contribution >= 0.6 is 0 Å². The van der Waals surface area contributed by atoms with Crippen LogP contribution in [-0.2, 0) is 4.74 Å². The highest BCUT2D eigenvalue weighted by Crippen LogP contribution is 2.17. The Hall–Kier alpha value is -1.62. The molecule has 1 fully saturated rings. The molecule has 4 nitrogen and oxygen atoms in total. The van der Waals surface area contributed by atoms with Crippen LogP contribution in [0.5, 0.6) is 0 Å². The van der Waals surface area contributed by atoms with Crippen molar-refractivity contribution in [3.8, 4) is 0 Å². The molecule has 86 valence electrons. The predicted molar refractivity (Wildman–Crippen MR) is 56.2 cm³/mol. The molecule has 1 atom stereocenters. The number of nitrogens with zero attached hydrogens (tertiary/aromatic N) is 1. The van der Waals surface area contributed by atoms with Crippen LogP contribution in [0.1, 0.15) is 11.6 Å². The number of halogens is 1. The average Bonchev–Trinajstić information content (AvgIpc) is 2.65. The van der Waals surface area contributed by atoms with E-state index in [9.17, 15) is 9.18 Å². The SMILES string of the molecule is NC(CN1CCOC1=O)c1ccccc1F. The Bertz CT molecular complexity index is 397. The van der Waals surface area contributed by atoms with Gasteiger partial charge < -0.3 is 15.4 Å². The van der Waals surface area contributed by atoms with E-state index in [4.69, 9.17) is 10.5 Å². The predicted octanol–water partition coefficient (Wildman–Crippen LogP) is 1.28. The molecule has 0 spiro atoms. The molecule has 1 heterocycles. The molecular weight excluding hydrogens is 211 g/mol. The quantitative estimate of drug-likeness (QED) is 0.841. The molecule has 2 N–H and O–H groups in total. The van der Waals surface area contributed by atoms with Crippen molar-refractivity contribution in [2.75, 3.05) is 19.7 Å². The molecule has 0 aromatic heterocycles. The highest BCUT2D eigenvalue weighted by molar-refractivity contribution is 5.69. The first-order valence-electron chi connectivity index (χ1n) is 5.10. The van der Waals surface area contributed by atoms with E-state index in [0.29, 0.717) is 18.7 Å². The van der Waals surface area contributed by atoms with Gasteiger partial charge in [0.2, 0.25) is 0 Å². The van der Waals surface area contributed by atoms with Crippen molar-refractivity contribution in [3.05, 3.63) is 35.6 Å². The maximum absolute atomic E-state index is 13.4. The Labute approximate surface area is 92.8 Å². The first-order valence-corrected chi connectivity index (χ1v) is 5.10. The van der Waals surface area contributed by atoms with E-state index in [-0.39, 0.29) is 18.5 Å². The number of ether oxygens (including phenoxy) is 1. The summed E-state index contributed by atoms with van der Waals surface area (Å²) in [7, 11) is 0. The summed E-state index contributed by atoms with van der Waals surface area (Å²) in [5, 5.41) is 0. The second-order valence-corrected chi connectivity index (χ2v) is 3.69. The fraction of sp³-hybridized carbons (Fsp3) is 0.364.